The fraction of sp³-hybridized carbons (Fsp3) is 0.320. The van der Waals surface area contributed by atoms with Crippen LogP contribution < -0.4 is 0 Å². The first kappa shape index (κ1) is 23.6. The predicted molar refractivity (Wildman–Crippen MR) is 140 cm³/mol. The summed E-state index contributed by atoms with van der Waals surface area (Å²) in [4.78, 5) is 31.5. The molecule has 0 unspecified atom stereocenters. The second-order valence-electron chi connectivity index (χ2n) is 8.77. The summed E-state index contributed by atoms with van der Waals surface area (Å²) < 4.78 is 2.07. The van der Waals surface area contributed by atoms with E-state index in [0.29, 0.717) is 15.2 Å². The van der Waals surface area contributed by atoms with Crippen molar-refractivity contribution in [2.24, 2.45) is 10.1 Å². The van der Waals surface area contributed by atoms with Crippen LogP contribution in [0.2, 0.25) is 5.02 Å². The van der Waals surface area contributed by atoms with Crippen molar-refractivity contribution >= 4 is 57.3 Å². The zero-order chi connectivity index (χ0) is 24.7. The molecule has 8 nitrogen and oxygen atoms in total. The third-order valence-electron chi connectivity index (χ3n) is 6.36. The highest BCUT2D eigenvalue weighted by atomic mass is 35.5. The molecule has 2 amide bonds. The van der Waals surface area contributed by atoms with Crippen molar-refractivity contribution in [2.75, 3.05) is 13.1 Å². The van der Waals surface area contributed by atoms with E-state index >= 15 is 0 Å². The third-order valence-corrected chi connectivity index (χ3v) is 7.52. The zero-order valence-corrected chi connectivity index (χ0v) is 21.1. The molecule has 0 saturated carbocycles. The van der Waals surface area contributed by atoms with Crippen molar-refractivity contribution in [3.05, 3.63) is 57.9 Å². The highest BCUT2D eigenvalue weighted by molar-refractivity contribution is 8.27. The van der Waals surface area contributed by atoms with Crippen LogP contribution in [0.4, 0.5) is 0 Å². The molecule has 3 aliphatic heterocycles. The molecule has 1 aromatic heterocycles. The normalized spacial score (nSPS) is 19.2. The van der Waals surface area contributed by atoms with Gasteiger partial charge in [-0.05, 0) is 86.8 Å². The molecule has 0 bridgehead atoms. The number of carbonyl (C=O) groups excluding carboxylic acids is 2. The second kappa shape index (κ2) is 9.47. The number of piperidine rings is 1. The number of aromatic nitrogens is 1. The van der Waals surface area contributed by atoms with E-state index in [1.165, 1.54) is 16.8 Å². The summed E-state index contributed by atoms with van der Waals surface area (Å²) in [5, 5.41) is 16.0. The first-order valence-electron chi connectivity index (χ1n) is 11.5. The van der Waals surface area contributed by atoms with Gasteiger partial charge in [-0.3, -0.25) is 15.0 Å². The van der Waals surface area contributed by atoms with Gasteiger partial charge >= 0.3 is 0 Å². The van der Waals surface area contributed by atoms with E-state index in [-0.39, 0.29) is 23.7 Å². The minimum Gasteiger partial charge on any atom is -0.342 e. The lowest BCUT2D eigenvalue weighted by molar-refractivity contribution is -0.130. The summed E-state index contributed by atoms with van der Waals surface area (Å²) in [7, 11) is 0. The van der Waals surface area contributed by atoms with Crippen LogP contribution in [0.3, 0.4) is 0 Å². The van der Waals surface area contributed by atoms with Gasteiger partial charge in [0.1, 0.15) is 5.04 Å². The Morgan fingerprint density at radius 3 is 2.60 bits per heavy atom. The zero-order valence-electron chi connectivity index (χ0n) is 19.5. The quantitative estimate of drug-likeness (QED) is 0.602. The van der Waals surface area contributed by atoms with Gasteiger partial charge in [0.05, 0.1) is 12.0 Å². The lowest BCUT2D eigenvalue weighted by atomic mass is 10.1. The molecule has 1 N–H and O–H groups in total. The minimum atomic E-state index is -0.483. The van der Waals surface area contributed by atoms with E-state index < -0.39 is 5.91 Å². The van der Waals surface area contributed by atoms with Gasteiger partial charge in [0.25, 0.3) is 5.91 Å². The monoisotopic (exact) mass is 508 g/mol. The predicted octanol–water partition coefficient (Wildman–Crippen LogP) is 4.77. The summed E-state index contributed by atoms with van der Waals surface area (Å²) in [5.41, 5.74) is 3.87. The number of rotatable bonds is 4. The molecule has 1 saturated heterocycles. The number of aryl methyl sites for hydroxylation is 1. The van der Waals surface area contributed by atoms with Gasteiger partial charge in [0.15, 0.2) is 5.84 Å². The number of carbonyl (C=O) groups is 2. The Bertz CT molecular complexity index is 1320. The van der Waals surface area contributed by atoms with Gasteiger partial charge < -0.3 is 9.47 Å². The van der Waals surface area contributed by atoms with Gasteiger partial charge in [-0.15, -0.1) is 0 Å². The lowest BCUT2D eigenvalue weighted by Crippen LogP contribution is -2.36. The molecule has 0 spiro atoms. The molecule has 0 atom stereocenters. The standard InChI is InChI=1S/C25H25ClN6O2S/c1-15-12-17(16(2)31(15)19-8-6-18(26)7-9-19)13-20-23(27)32-25(28-24(20)34)35-21(29-32)14-22(33)30-10-4-3-5-11-30/h6-9,12-13,27H,3-5,10-11,14H2,1-2H3/b20-13-,27-23?. The number of hydrazone groups is 1. The molecular formula is C25H25ClN6O2S. The van der Waals surface area contributed by atoms with Crippen molar-refractivity contribution < 1.29 is 9.59 Å². The number of benzene rings is 1. The topological polar surface area (TPSA) is 94.1 Å². The van der Waals surface area contributed by atoms with Crippen LogP contribution in [0.1, 0.15) is 42.6 Å². The number of likely N-dealkylation sites (tertiary alicyclic amines) is 1. The molecular weight excluding hydrogens is 484 g/mol. The second-order valence-corrected chi connectivity index (χ2v) is 10.2. The van der Waals surface area contributed by atoms with E-state index in [4.69, 9.17) is 17.0 Å². The van der Waals surface area contributed by atoms with Crippen LogP contribution in [0.25, 0.3) is 11.8 Å². The number of amidine groups is 2. The van der Waals surface area contributed by atoms with Gasteiger partial charge in [0, 0.05) is 35.2 Å². The summed E-state index contributed by atoms with van der Waals surface area (Å²) in [5.74, 6) is -0.493. The summed E-state index contributed by atoms with van der Waals surface area (Å²) >= 11 is 7.22. The number of hydrogen-bond donors (Lipinski definition) is 1. The van der Waals surface area contributed by atoms with E-state index in [9.17, 15) is 9.59 Å². The number of hydrogen-bond acceptors (Lipinski definition) is 5. The molecule has 180 valence electrons. The first-order valence-corrected chi connectivity index (χ1v) is 12.7. The molecule has 3 aliphatic rings. The van der Waals surface area contributed by atoms with E-state index in [1.807, 2.05) is 49.1 Å². The Morgan fingerprint density at radius 1 is 1.17 bits per heavy atom. The maximum Gasteiger partial charge on any atom is 0.283 e. The summed E-state index contributed by atoms with van der Waals surface area (Å²) in [6.07, 6.45) is 5.05. The average Bonchev–Trinajstić information content (AvgIpc) is 3.37. The number of nitrogens with one attached hydrogen (secondary N) is 1. The molecule has 1 aromatic carbocycles. The van der Waals surface area contributed by atoms with Crippen molar-refractivity contribution in [1.82, 2.24) is 14.5 Å². The Labute approximate surface area is 212 Å². The molecule has 0 aliphatic carbocycles. The molecule has 2 aromatic rings. The smallest absolute Gasteiger partial charge is 0.283 e. The lowest BCUT2D eigenvalue weighted by Gasteiger charge is -2.26. The number of aliphatic imine (C=N–C) groups is 1. The van der Waals surface area contributed by atoms with Crippen LogP contribution in [-0.2, 0) is 9.59 Å². The SMILES string of the molecule is Cc1cc(/C=C2/C(=N)N3N=C(CC(=O)N4CCCCC4)SC3=NC2=O)c(C)n1-c1ccc(Cl)cc1. The fourth-order valence-electron chi connectivity index (χ4n) is 4.56. The molecule has 4 heterocycles. The highest BCUT2D eigenvalue weighted by Gasteiger charge is 2.36. The number of halogens is 1. The van der Waals surface area contributed by atoms with Crippen molar-refractivity contribution in [3.63, 3.8) is 0 Å². The number of fused-ring (bicyclic) bond motifs is 1. The van der Waals surface area contributed by atoms with E-state index in [2.05, 4.69) is 14.7 Å². The van der Waals surface area contributed by atoms with Gasteiger partial charge in [-0.1, -0.05) is 11.6 Å². The number of thioether (sulfide) groups is 1. The largest absolute Gasteiger partial charge is 0.342 e. The van der Waals surface area contributed by atoms with Crippen LogP contribution in [0.15, 0.2) is 46.0 Å². The average molecular weight is 509 g/mol. The maximum atomic E-state index is 12.9. The van der Waals surface area contributed by atoms with Crippen LogP contribution in [0.5, 0.6) is 0 Å². The minimum absolute atomic E-state index is 0.0275. The van der Waals surface area contributed by atoms with E-state index in [1.54, 1.807) is 6.08 Å². The van der Waals surface area contributed by atoms with E-state index in [0.717, 1.165) is 55.0 Å². The number of amides is 2. The molecule has 5 rings (SSSR count). The van der Waals surface area contributed by atoms with Crippen LogP contribution >= 0.6 is 23.4 Å². The Kier molecular flexibility index (Phi) is 6.37. The Balaban J connectivity index is 1.39. The summed E-state index contributed by atoms with van der Waals surface area (Å²) in [6.45, 7) is 5.50. The van der Waals surface area contributed by atoms with Crippen molar-refractivity contribution in [2.45, 2.75) is 39.5 Å². The Hall–Kier alpha value is -3.17. The highest BCUT2D eigenvalue weighted by Crippen LogP contribution is 2.31. The molecule has 1 fully saturated rings. The summed E-state index contributed by atoms with van der Waals surface area (Å²) in [6, 6.07) is 9.52. The first-order chi connectivity index (χ1) is 16.8. The third kappa shape index (κ3) is 4.58. The van der Waals surface area contributed by atoms with Gasteiger partial charge in [0.2, 0.25) is 11.1 Å². The fourth-order valence-corrected chi connectivity index (χ4v) is 5.57. The maximum absolute atomic E-state index is 12.9. The van der Waals surface area contributed by atoms with Crippen LogP contribution in [0, 0.1) is 19.3 Å². The number of nitrogens with zero attached hydrogens (tertiary/aromatic N) is 5. The van der Waals surface area contributed by atoms with Gasteiger partial charge in [-0.2, -0.15) is 15.1 Å². The van der Waals surface area contributed by atoms with Crippen molar-refractivity contribution in [1.29, 1.82) is 5.41 Å². The molecule has 35 heavy (non-hydrogen) atoms. The van der Waals surface area contributed by atoms with Crippen molar-refractivity contribution in [3.8, 4) is 5.69 Å². The molecule has 0 radical (unpaired) electrons. The Morgan fingerprint density at radius 2 is 1.89 bits per heavy atom. The van der Waals surface area contributed by atoms with Crippen LogP contribution in [-0.4, -0.2) is 55.4 Å². The molecule has 10 heteroatoms. The van der Waals surface area contributed by atoms with Gasteiger partial charge in [-0.25, -0.2) is 0 Å².